The third kappa shape index (κ3) is 4.50. The molecule has 2 aromatic rings. The van der Waals surface area contributed by atoms with Crippen molar-refractivity contribution in [2.45, 2.75) is 13.5 Å². The molecule has 24 heavy (non-hydrogen) atoms. The Hall–Kier alpha value is -3.00. The minimum absolute atomic E-state index is 0.129. The molecule has 7 nitrogen and oxygen atoms in total. The minimum Gasteiger partial charge on any atom is -0.505 e. The van der Waals surface area contributed by atoms with Crippen LogP contribution >= 0.6 is 0 Å². The first kappa shape index (κ1) is 17.4. The summed E-state index contributed by atoms with van der Waals surface area (Å²) in [4.78, 5) is 15.5. The van der Waals surface area contributed by atoms with Crippen molar-refractivity contribution in [3.8, 4) is 11.5 Å². The number of nitrogens with zero attached hydrogens (tertiary/aromatic N) is 2. The number of hydrogen-bond acceptors (Lipinski definition) is 6. The molecule has 8 heteroatoms. The number of aliphatic hydroxyl groups excluding tert-OH is 1. The summed E-state index contributed by atoms with van der Waals surface area (Å²) in [7, 11) is 0. The Balaban J connectivity index is 1.94. The van der Waals surface area contributed by atoms with Crippen LogP contribution in [0, 0.1) is 12.7 Å². The van der Waals surface area contributed by atoms with Crippen LogP contribution in [0.5, 0.6) is 11.5 Å². The van der Waals surface area contributed by atoms with Gasteiger partial charge >= 0.3 is 0 Å². The number of amides is 1. The monoisotopic (exact) mass is 333 g/mol. The average Bonchev–Trinajstić information content (AvgIpc) is 2.57. The molecule has 0 unspecified atom stereocenters. The van der Waals surface area contributed by atoms with E-state index in [0.29, 0.717) is 11.3 Å². The zero-order valence-electron chi connectivity index (χ0n) is 12.9. The Kier molecular flexibility index (Phi) is 5.80. The third-order valence-electron chi connectivity index (χ3n) is 3.08. The van der Waals surface area contributed by atoms with Crippen LogP contribution in [0.3, 0.4) is 0 Å². The number of pyridine rings is 1. The number of aryl methyl sites for hydroxylation is 1. The molecule has 0 fully saturated rings. The van der Waals surface area contributed by atoms with Gasteiger partial charge < -0.3 is 14.9 Å². The van der Waals surface area contributed by atoms with E-state index < -0.39 is 11.7 Å². The highest BCUT2D eigenvalue weighted by Gasteiger charge is 2.09. The van der Waals surface area contributed by atoms with E-state index >= 15 is 0 Å². The van der Waals surface area contributed by atoms with Gasteiger partial charge in [-0.2, -0.15) is 5.10 Å². The number of aromatic hydroxyl groups is 1. The zero-order valence-corrected chi connectivity index (χ0v) is 12.9. The molecule has 1 heterocycles. The van der Waals surface area contributed by atoms with Gasteiger partial charge in [-0.05, 0) is 19.1 Å². The number of nitrogens with one attached hydrogen (secondary N) is 1. The lowest BCUT2D eigenvalue weighted by atomic mass is 10.1. The third-order valence-corrected chi connectivity index (χ3v) is 3.08. The van der Waals surface area contributed by atoms with Crippen molar-refractivity contribution >= 4 is 12.1 Å². The highest BCUT2D eigenvalue weighted by atomic mass is 19.1. The van der Waals surface area contributed by atoms with E-state index in [2.05, 4.69) is 15.5 Å². The minimum atomic E-state index is -0.564. The van der Waals surface area contributed by atoms with Crippen LogP contribution in [0.15, 0.2) is 35.6 Å². The van der Waals surface area contributed by atoms with Gasteiger partial charge in [-0.3, -0.25) is 9.78 Å². The van der Waals surface area contributed by atoms with Gasteiger partial charge in [0.15, 0.2) is 6.61 Å². The molecule has 0 saturated heterocycles. The second-order valence-corrected chi connectivity index (χ2v) is 4.83. The number of hydrogen-bond donors (Lipinski definition) is 3. The molecule has 0 radical (unpaired) electrons. The van der Waals surface area contributed by atoms with E-state index in [9.17, 15) is 19.4 Å². The number of aliphatic hydroxyl groups is 1. The highest BCUT2D eigenvalue weighted by molar-refractivity contribution is 5.87. The lowest BCUT2D eigenvalue weighted by Gasteiger charge is -2.07. The summed E-state index contributed by atoms with van der Waals surface area (Å²) < 4.78 is 18.1. The Bertz CT molecular complexity index is 765. The topological polar surface area (TPSA) is 104 Å². The van der Waals surface area contributed by atoms with Gasteiger partial charge in [0.1, 0.15) is 17.3 Å². The maximum Gasteiger partial charge on any atom is 0.277 e. The molecule has 0 atom stereocenters. The van der Waals surface area contributed by atoms with Gasteiger partial charge in [0.25, 0.3) is 5.91 Å². The van der Waals surface area contributed by atoms with Crippen molar-refractivity contribution < 1.29 is 24.1 Å². The van der Waals surface area contributed by atoms with E-state index in [-0.39, 0.29) is 30.3 Å². The number of ether oxygens (including phenoxy) is 1. The molecule has 0 spiro atoms. The molecular weight excluding hydrogens is 317 g/mol. The predicted octanol–water partition coefficient (Wildman–Crippen LogP) is 1.26. The summed E-state index contributed by atoms with van der Waals surface area (Å²) in [5.41, 5.74) is 3.21. The smallest absolute Gasteiger partial charge is 0.277 e. The quantitative estimate of drug-likeness (QED) is 0.545. The van der Waals surface area contributed by atoms with E-state index in [4.69, 9.17) is 4.74 Å². The zero-order chi connectivity index (χ0) is 17.5. The molecule has 1 aromatic carbocycles. The predicted molar refractivity (Wildman–Crippen MR) is 84.2 cm³/mol. The normalized spacial score (nSPS) is 10.8. The van der Waals surface area contributed by atoms with Crippen LogP contribution in [0.25, 0.3) is 0 Å². The van der Waals surface area contributed by atoms with Gasteiger partial charge in [-0.25, -0.2) is 9.82 Å². The van der Waals surface area contributed by atoms with Crippen molar-refractivity contribution in [3.05, 3.63) is 53.1 Å². The van der Waals surface area contributed by atoms with Crippen LogP contribution in [0.2, 0.25) is 0 Å². The number of halogens is 1. The van der Waals surface area contributed by atoms with Gasteiger partial charge in [-0.1, -0.05) is 6.07 Å². The van der Waals surface area contributed by atoms with E-state index in [1.807, 2.05) is 0 Å². The number of hydrazone groups is 1. The SMILES string of the molecule is Cc1ncc(CO)c(/C=N/NC(=O)COc2cccc(F)c2)c1O. The molecule has 0 aliphatic heterocycles. The molecule has 0 saturated carbocycles. The number of aromatic nitrogens is 1. The molecular formula is C16H16FN3O4. The van der Waals surface area contributed by atoms with Crippen LogP contribution in [-0.4, -0.2) is 33.9 Å². The molecule has 0 aliphatic carbocycles. The van der Waals surface area contributed by atoms with E-state index in [0.717, 1.165) is 6.07 Å². The molecule has 1 amide bonds. The second kappa shape index (κ2) is 8.02. The van der Waals surface area contributed by atoms with E-state index in [1.165, 1.54) is 30.6 Å². The first-order valence-electron chi connectivity index (χ1n) is 7.00. The van der Waals surface area contributed by atoms with Crippen LogP contribution in [0.1, 0.15) is 16.8 Å². The van der Waals surface area contributed by atoms with Crippen molar-refractivity contribution in [2.75, 3.05) is 6.61 Å². The Morgan fingerprint density at radius 2 is 2.29 bits per heavy atom. The fourth-order valence-corrected chi connectivity index (χ4v) is 1.83. The number of carbonyl (C=O) groups excluding carboxylic acids is 1. The fourth-order valence-electron chi connectivity index (χ4n) is 1.83. The second-order valence-electron chi connectivity index (χ2n) is 4.83. The number of carbonyl (C=O) groups is 1. The van der Waals surface area contributed by atoms with Crippen molar-refractivity contribution in [2.24, 2.45) is 5.10 Å². The van der Waals surface area contributed by atoms with Crippen LogP contribution in [0.4, 0.5) is 4.39 Å². The van der Waals surface area contributed by atoms with E-state index in [1.54, 1.807) is 6.92 Å². The van der Waals surface area contributed by atoms with Crippen LogP contribution < -0.4 is 10.2 Å². The Morgan fingerprint density at radius 1 is 1.50 bits per heavy atom. The van der Waals surface area contributed by atoms with Crippen LogP contribution in [-0.2, 0) is 11.4 Å². The molecule has 3 N–H and O–H groups in total. The summed E-state index contributed by atoms with van der Waals surface area (Å²) in [5, 5.41) is 22.8. The Labute approximate surface area is 137 Å². The number of benzene rings is 1. The van der Waals surface area contributed by atoms with Crippen molar-refractivity contribution in [1.29, 1.82) is 0 Å². The summed E-state index contributed by atoms with van der Waals surface area (Å²) in [6.45, 7) is 0.910. The maximum atomic E-state index is 13.0. The summed E-state index contributed by atoms with van der Waals surface area (Å²) >= 11 is 0. The fraction of sp³-hybridized carbons (Fsp3) is 0.188. The average molecular weight is 333 g/mol. The first-order valence-corrected chi connectivity index (χ1v) is 7.00. The van der Waals surface area contributed by atoms with Gasteiger partial charge in [0.05, 0.1) is 18.5 Å². The Morgan fingerprint density at radius 3 is 3.00 bits per heavy atom. The molecule has 1 aromatic heterocycles. The lowest BCUT2D eigenvalue weighted by molar-refractivity contribution is -0.123. The summed E-state index contributed by atoms with van der Waals surface area (Å²) in [6, 6.07) is 5.40. The molecule has 126 valence electrons. The highest BCUT2D eigenvalue weighted by Crippen LogP contribution is 2.21. The lowest BCUT2D eigenvalue weighted by Crippen LogP contribution is -2.24. The maximum absolute atomic E-state index is 13.0. The molecule has 2 rings (SSSR count). The first-order chi connectivity index (χ1) is 11.5. The van der Waals surface area contributed by atoms with Gasteiger partial charge in [-0.15, -0.1) is 0 Å². The summed E-state index contributed by atoms with van der Waals surface area (Å²) in [6.07, 6.45) is 2.61. The summed E-state index contributed by atoms with van der Waals surface area (Å²) in [5.74, 6) is -0.938. The van der Waals surface area contributed by atoms with Crippen molar-refractivity contribution in [1.82, 2.24) is 10.4 Å². The van der Waals surface area contributed by atoms with Gasteiger partial charge in [0.2, 0.25) is 0 Å². The largest absolute Gasteiger partial charge is 0.505 e. The van der Waals surface area contributed by atoms with Gasteiger partial charge in [0, 0.05) is 23.4 Å². The molecule has 0 aliphatic rings. The standard InChI is InChI=1S/C16H16FN3O4/c1-10-16(23)14(11(8-21)6-18-10)7-19-20-15(22)9-24-13-4-2-3-12(17)5-13/h2-7,21,23H,8-9H2,1H3,(H,20,22)/b19-7+. The van der Waals surface area contributed by atoms with Crippen molar-refractivity contribution in [3.63, 3.8) is 0 Å². The molecule has 0 bridgehead atoms. The number of rotatable bonds is 6.